The lowest BCUT2D eigenvalue weighted by atomic mass is 10.0. The Balaban J connectivity index is 1.59. The second kappa shape index (κ2) is 8.97. The SMILES string of the molecule is CC(CNCC(c1ccccc1)N1CCOCC1)c1ccccc1. The molecule has 0 radical (unpaired) electrons. The van der Waals surface area contributed by atoms with E-state index in [1.54, 1.807) is 0 Å². The zero-order chi connectivity index (χ0) is 16.6. The molecule has 2 aromatic rings. The Morgan fingerprint density at radius 2 is 1.46 bits per heavy atom. The molecule has 128 valence electrons. The second-order valence-electron chi connectivity index (χ2n) is 6.54. The maximum Gasteiger partial charge on any atom is 0.0594 e. The van der Waals surface area contributed by atoms with E-state index in [2.05, 4.69) is 77.8 Å². The van der Waals surface area contributed by atoms with Gasteiger partial charge in [0, 0.05) is 32.2 Å². The van der Waals surface area contributed by atoms with Gasteiger partial charge >= 0.3 is 0 Å². The fourth-order valence-corrected chi connectivity index (χ4v) is 3.36. The lowest BCUT2D eigenvalue weighted by Gasteiger charge is -2.35. The quantitative estimate of drug-likeness (QED) is 0.844. The van der Waals surface area contributed by atoms with Gasteiger partial charge in [-0.05, 0) is 17.0 Å². The molecule has 24 heavy (non-hydrogen) atoms. The molecule has 0 spiro atoms. The second-order valence-corrected chi connectivity index (χ2v) is 6.54. The summed E-state index contributed by atoms with van der Waals surface area (Å²) in [6.07, 6.45) is 0. The number of hydrogen-bond acceptors (Lipinski definition) is 3. The molecule has 3 rings (SSSR count). The summed E-state index contributed by atoms with van der Waals surface area (Å²) in [4.78, 5) is 2.54. The lowest BCUT2D eigenvalue weighted by molar-refractivity contribution is 0.0161. The minimum absolute atomic E-state index is 0.415. The zero-order valence-corrected chi connectivity index (χ0v) is 14.5. The topological polar surface area (TPSA) is 24.5 Å². The van der Waals surface area contributed by atoms with E-state index in [0.717, 1.165) is 39.4 Å². The third-order valence-electron chi connectivity index (χ3n) is 4.83. The van der Waals surface area contributed by atoms with E-state index in [4.69, 9.17) is 4.74 Å². The first kappa shape index (κ1) is 17.2. The van der Waals surface area contributed by atoms with Crippen LogP contribution in [0.5, 0.6) is 0 Å². The van der Waals surface area contributed by atoms with Gasteiger partial charge in [0.2, 0.25) is 0 Å². The Hall–Kier alpha value is -1.68. The van der Waals surface area contributed by atoms with Gasteiger partial charge in [-0.3, -0.25) is 4.90 Å². The van der Waals surface area contributed by atoms with Crippen LogP contribution in [0.4, 0.5) is 0 Å². The van der Waals surface area contributed by atoms with Gasteiger partial charge in [-0.2, -0.15) is 0 Å². The molecule has 2 atom stereocenters. The van der Waals surface area contributed by atoms with Crippen LogP contribution in [0.15, 0.2) is 60.7 Å². The third kappa shape index (κ3) is 4.67. The molecule has 0 saturated carbocycles. The Kier molecular flexibility index (Phi) is 6.41. The van der Waals surface area contributed by atoms with Crippen LogP contribution in [0.1, 0.15) is 30.0 Å². The molecule has 1 aliphatic heterocycles. The van der Waals surface area contributed by atoms with E-state index in [0.29, 0.717) is 12.0 Å². The molecule has 2 unspecified atom stereocenters. The first-order valence-corrected chi connectivity index (χ1v) is 8.97. The van der Waals surface area contributed by atoms with Gasteiger partial charge in [0.1, 0.15) is 0 Å². The van der Waals surface area contributed by atoms with E-state index in [1.807, 2.05) is 0 Å². The molecule has 0 amide bonds. The number of ether oxygens (including phenoxy) is 1. The summed E-state index contributed by atoms with van der Waals surface area (Å²) >= 11 is 0. The van der Waals surface area contributed by atoms with Crippen LogP contribution in [-0.2, 0) is 4.74 Å². The molecule has 1 N–H and O–H groups in total. The van der Waals surface area contributed by atoms with Crippen LogP contribution in [0, 0.1) is 0 Å². The Labute approximate surface area is 145 Å². The zero-order valence-electron chi connectivity index (χ0n) is 14.5. The molecular formula is C21H28N2O. The Morgan fingerprint density at radius 1 is 0.875 bits per heavy atom. The van der Waals surface area contributed by atoms with E-state index in [-0.39, 0.29) is 0 Å². The van der Waals surface area contributed by atoms with Crippen LogP contribution >= 0.6 is 0 Å². The molecule has 0 bridgehead atoms. The third-order valence-corrected chi connectivity index (χ3v) is 4.83. The van der Waals surface area contributed by atoms with Gasteiger partial charge in [-0.1, -0.05) is 67.6 Å². The summed E-state index contributed by atoms with van der Waals surface area (Å²) in [7, 11) is 0. The fraction of sp³-hybridized carbons (Fsp3) is 0.429. The minimum atomic E-state index is 0.415. The summed E-state index contributed by atoms with van der Waals surface area (Å²) in [5.74, 6) is 0.521. The van der Waals surface area contributed by atoms with Crippen molar-refractivity contribution in [1.29, 1.82) is 0 Å². The fourth-order valence-electron chi connectivity index (χ4n) is 3.36. The summed E-state index contributed by atoms with van der Waals surface area (Å²) in [6.45, 7) is 7.95. The van der Waals surface area contributed by atoms with Crippen molar-refractivity contribution in [2.45, 2.75) is 18.9 Å². The molecule has 1 heterocycles. The van der Waals surface area contributed by atoms with Crippen LogP contribution in [0.3, 0.4) is 0 Å². The van der Waals surface area contributed by atoms with Crippen molar-refractivity contribution < 1.29 is 4.74 Å². The first-order chi connectivity index (χ1) is 11.8. The highest BCUT2D eigenvalue weighted by Gasteiger charge is 2.22. The van der Waals surface area contributed by atoms with Crippen molar-refractivity contribution in [3.8, 4) is 0 Å². The van der Waals surface area contributed by atoms with E-state index >= 15 is 0 Å². The molecule has 1 aliphatic rings. The van der Waals surface area contributed by atoms with Crippen molar-refractivity contribution in [1.82, 2.24) is 10.2 Å². The van der Waals surface area contributed by atoms with Gasteiger partial charge in [0.15, 0.2) is 0 Å². The van der Waals surface area contributed by atoms with E-state index in [1.165, 1.54) is 11.1 Å². The minimum Gasteiger partial charge on any atom is -0.379 e. The molecule has 3 heteroatoms. The molecule has 0 aliphatic carbocycles. The van der Waals surface area contributed by atoms with Crippen LogP contribution in [0.2, 0.25) is 0 Å². The first-order valence-electron chi connectivity index (χ1n) is 8.97. The summed E-state index contributed by atoms with van der Waals surface area (Å²) < 4.78 is 5.52. The number of nitrogens with one attached hydrogen (secondary N) is 1. The van der Waals surface area contributed by atoms with Crippen LogP contribution in [-0.4, -0.2) is 44.3 Å². The average Bonchev–Trinajstić information content (AvgIpc) is 2.67. The molecule has 1 fully saturated rings. The largest absolute Gasteiger partial charge is 0.379 e. The lowest BCUT2D eigenvalue weighted by Crippen LogP contribution is -2.43. The van der Waals surface area contributed by atoms with Crippen molar-refractivity contribution in [2.24, 2.45) is 0 Å². The van der Waals surface area contributed by atoms with Gasteiger partial charge in [-0.25, -0.2) is 0 Å². The standard InChI is InChI=1S/C21H28N2O/c1-18(19-8-4-2-5-9-19)16-22-17-21(20-10-6-3-7-11-20)23-12-14-24-15-13-23/h2-11,18,21-22H,12-17H2,1H3. The maximum atomic E-state index is 5.52. The van der Waals surface area contributed by atoms with Crippen LogP contribution in [0.25, 0.3) is 0 Å². The maximum absolute atomic E-state index is 5.52. The molecule has 2 aromatic carbocycles. The highest BCUT2D eigenvalue weighted by molar-refractivity contribution is 5.21. The predicted molar refractivity (Wildman–Crippen MR) is 99.3 cm³/mol. The van der Waals surface area contributed by atoms with Gasteiger partial charge in [-0.15, -0.1) is 0 Å². The molecule has 3 nitrogen and oxygen atoms in total. The number of rotatable bonds is 7. The van der Waals surface area contributed by atoms with Crippen molar-refractivity contribution in [3.63, 3.8) is 0 Å². The van der Waals surface area contributed by atoms with E-state index < -0.39 is 0 Å². The highest BCUT2D eigenvalue weighted by Crippen LogP contribution is 2.21. The molecule has 0 aromatic heterocycles. The molecular weight excluding hydrogens is 296 g/mol. The predicted octanol–water partition coefficient (Wildman–Crippen LogP) is 3.45. The Morgan fingerprint density at radius 3 is 2.08 bits per heavy atom. The van der Waals surface area contributed by atoms with Gasteiger partial charge in [0.05, 0.1) is 13.2 Å². The average molecular weight is 324 g/mol. The molecule has 1 saturated heterocycles. The van der Waals surface area contributed by atoms with Crippen molar-refractivity contribution >= 4 is 0 Å². The summed E-state index contributed by atoms with van der Waals surface area (Å²) in [6, 6.07) is 22.0. The number of morpholine rings is 1. The number of nitrogens with zero attached hydrogens (tertiary/aromatic N) is 1. The summed E-state index contributed by atoms with van der Waals surface area (Å²) in [5, 5.41) is 3.70. The van der Waals surface area contributed by atoms with Crippen molar-refractivity contribution in [3.05, 3.63) is 71.8 Å². The summed E-state index contributed by atoms with van der Waals surface area (Å²) in [5.41, 5.74) is 2.78. The van der Waals surface area contributed by atoms with Gasteiger partial charge < -0.3 is 10.1 Å². The smallest absolute Gasteiger partial charge is 0.0594 e. The highest BCUT2D eigenvalue weighted by atomic mass is 16.5. The van der Waals surface area contributed by atoms with Crippen LogP contribution < -0.4 is 5.32 Å². The normalized spacial score (nSPS) is 18.2. The van der Waals surface area contributed by atoms with Gasteiger partial charge in [0.25, 0.3) is 0 Å². The van der Waals surface area contributed by atoms with E-state index in [9.17, 15) is 0 Å². The number of benzene rings is 2. The Bertz CT molecular complexity index is 581. The number of hydrogen-bond donors (Lipinski definition) is 1. The monoisotopic (exact) mass is 324 g/mol. The van der Waals surface area contributed by atoms with Crippen molar-refractivity contribution in [2.75, 3.05) is 39.4 Å².